The van der Waals surface area contributed by atoms with Gasteiger partial charge in [-0.1, -0.05) is 6.07 Å². The molecule has 3 N–H and O–H groups in total. The molecule has 0 amide bonds. The summed E-state index contributed by atoms with van der Waals surface area (Å²) in [7, 11) is 1.64. The summed E-state index contributed by atoms with van der Waals surface area (Å²) >= 11 is 0. The summed E-state index contributed by atoms with van der Waals surface area (Å²) in [4.78, 5) is 8.47. The van der Waals surface area contributed by atoms with Crippen molar-refractivity contribution in [2.24, 2.45) is 10.8 Å². The Balaban J connectivity index is 2.83. The number of nitrogens with one attached hydrogen (secondary N) is 1. The molecule has 0 aromatic carbocycles. The van der Waals surface area contributed by atoms with Gasteiger partial charge in [0.05, 0.1) is 13.2 Å². The summed E-state index contributed by atoms with van der Waals surface area (Å²) in [5.74, 6) is 5.98. The van der Waals surface area contributed by atoms with Gasteiger partial charge in [0.25, 0.3) is 0 Å². The van der Waals surface area contributed by atoms with Crippen molar-refractivity contribution in [3.05, 3.63) is 29.6 Å². The van der Waals surface area contributed by atoms with Gasteiger partial charge in [0.2, 0.25) is 0 Å². The molecule has 15 heavy (non-hydrogen) atoms. The molecule has 0 atom stereocenters. The number of hydrogen-bond acceptors (Lipinski definition) is 4. The van der Waals surface area contributed by atoms with Crippen LogP contribution >= 0.6 is 0 Å². The molecule has 0 aliphatic carbocycles. The maximum Gasteiger partial charge on any atom is 0.161 e. The maximum absolute atomic E-state index is 5.39. The van der Waals surface area contributed by atoms with E-state index in [1.165, 1.54) is 0 Å². The number of rotatable bonds is 4. The Kier molecular flexibility index (Phi) is 4.73. The average molecular weight is 208 g/mol. The lowest BCUT2D eigenvalue weighted by Crippen LogP contribution is -2.32. The predicted molar refractivity (Wildman–Crippen MR) is 59.6 cm³/mol. The van der Waals surface area contributed by atoms with Crippen molar-refractivity contribution >= 4 is 5.84 Å². The van der Waals surface area contributed by atoms with Crippen LogP contribution < -0.4 is 11.3 Å². The Bertz CT molecular complexity index is 338. The molecule has 0 radical (unpaired) electrons. The molecule has 0 aliphatic heterocycles. The van der Waals surface area contributed by atoms with Gasteiger partial charge < -0.3 is 10.2 Å². The first-order valence-corrected chi connectivity index (χ1v) is 4.71. The van der Waals surface area contributed by atoms with Crippen LogP contribution in [0.2, 0.25) is 0 Å². The first kappa shape index (κ1) is 11.6. The molecule has 0 saturated carbocycles. The summed E-state index contributed by atoms with van der Waals surface area (Å²) in [6.45, 7) is 3.09. The lowest BCUT2D eigenvalue weighted by molar-refractivity contribution is 0.208. The minimum absolute atomic E-state index is 0.562. The van der Waals surface area contributed by atoms with Crippen LogP contribution in [0.4, 0.5) is 0 Å². The van der Waals surface area contributed by atoms with Gasteiger partial charge in [-0.3, -0.25) is 9.98 Å². The van der Waals surface area contributed by atoms with Gasteiger partial charge >= 0.3 is 0 Å². The number of hydrazine groups is 1. The molecule has 0 saturated heterocycles. The van der Waals surface area contributed by atoms with Crippen LogP contribution in [0.5, 0.6) is 0 Å². The van der Waals surface area contributed by atoms with Gasteiger partial charge in [-0.25, -0.2) is 5.84 Å². The zero-order chi connectivity index (χ0) is 11.1. The maximum atomic E-state index is 5.39. The van der Waals surface area contributed by atoms with Crippen molar-refractivity contribution in [2.45, 2.75) is 6.92 Å². The minimum atomic E-state index is 0.562. The Labute approximate surface area is 89.3 Å². The van der Waals surface area contributed by atoms with Crippen LogP contribution in [0.25, 0.3) is 0 Å². The lowest BCUT2D eigenvalue weighted by Gasteiger charge is -2.07. The van der Waals surface area contributed by atoms with E-state index in [-0.39, 0.29) is 0 Å². The number of aryl methyl sites for hydroxylation is 1. The zero-order valence-electron chi connectivity index (χ0n) is 9.03. The van der Waals surface area contributed by atoms with E-state index < -0.39 is 0 Å². The second-order valence-corrected chi connectivity index (χ2v) is 3.04. The molecule has 1 aromatic heterocycles. The fraction of sp³-hybridized carbons (Fsp3) is 0.400. The highest BCUT2D eigenvalue weighted by atomic mass is 16.5. The molecule has 0 aliphatic rings. The summed E-state index contributed by atoms with van der Waals surface area (Å²) in [5, 5.41) is 0. The number of nitrogens with two attached hydrogens (primary N) is 1. The van der Waals surface area contributed by atoms with Crippen LogP contribution in [0.3, 0.4) is 0 Å². The molecule has 0 fully saturated rings. The van der Waals surface area contributed by atoms with Crippen molar-refractivity contribution in [3.8, 4) is 0 Å². The quantitative estimate of drug-likeness (QED) is 0.244. The van der Waals surface area contributed by atoms with E-state index in [0.717, 1.165) is 11.3 Å². The number of ether oxygens (including phenoxy) is 1. The highest BCUT2D eigenvalue weighted by molar-refractivity contribution is 5.97. The monoisotopic (exact) mass is 208 g/mol. The molecule has 1 rings (SSSR count). The molecule has 82 valence electrons. The Morgan fingerprint density at radius 3 is 3.07 bits per heavy atom. The fourth-order valence-electron chi connectivity index (χ4n) is 1.17. The third-order valence-corrected chi connectivity index (χ3v) is 1.94. The van der Waals surface area contributed by atoms with Crippen molar-refractivity contribution in [2.75, 3.05) is 20.3 Å². The van der Waals surface area contributed by atoms with E-state index in [1.54, 1.807) is 13.3 Å². The fourth-order valence-corrected chi connectivity index (χ4v) is 1.17. The predicted octanol–water partition coefficient (Wildman–Crippen LogP) is 0.246. The van der Waals surface area contributed by atoms with Crippen LogP contribution in [-0.4, -0.2) is 31.1 Å². The van der Waals surface area contributed by atoms with E-state index in [0.29, 0.717) is 19.0 Å². The Morgan fingerprint density at radius 1 is 1.67 bits per heavy atom. The summed E-state index contributed by atoms with van der Waals surface area (Å²) < 4.78 is 4.91. The topological polar surface area (TPSA) is 72.5 Å². The van der Waals surface area contributed by atoms with Gasteiger partial charge in [0, 0.05) is 13.3 Å². The van der Waals surface area contributed by atoms with Crippen LogP contribution in [0.1, 0.15) is 11.3 Å². The van der Waals surface area contributed by atoms with Crippen molar-refractivity contribution in [1.82, 2.24) is 10.4 Å². The van der Waals surface area contributed by atoms with Gasteiger partial charge in [-0.2, -0.15) is 0 Å². The van der Waals surface area contributed by atoms with Crippen molar-refractivity contribution < 1.29 is 4.74 Å². The second kappa shape index (κ2) is 6.10. The summed E-state index contributed by atoms with van der Waals surface area (Å²) in [6.07, 6.45) is 1.71. The lowest BCUT2D eigenvalue weighted by atomic mass is 10.2. The van der Waals surface area contributed by atoms with E-state index in [4.69, 9.17) is 10.6 Å². The molecule has 1 aromatic rings. The molecular formula is C10H16N4O. The third kappa shape index (κ3) is 3.30. The Hall–Kier alpha value is -1.46. The SMILES string of the molecule is COCCN=C(NN)c1ncccc1C. The van der Waals surface area contributed by atoms with E-state index >= 15 is 0 Å². The summed E-state index contributed by atoms with van der Waals surface area (Å²) in [6, 6.07) is 3.84. The zero-order valence-corrected chi connectivity index (χ0v) is 9.03. The molecule has 5 nitrogen and oxygen atoms in total. The second-order valence-electron chi connectivity index (χ2n) is 3.04. The number of hydrogen-bond donors (Lipinski definition) is 2. The van der Waals surface area contributed by atoms with Crippen LogP contribution in [0, 0.1) is 6.92 Å². The number of aromatic nitrogens is 1. The summed E-state index contributed by atoms with van der Waals surface area (Å²) in [5.41, 5.74) is 4.36. The van der Waals surface area contributed by atoms with Gasteiger partial charge in [-0.05, 0) is 18.6 Å². The molecule has 0 bridgehead atoms. The number of nitrogens with zero attached hydrogens (tertiary/aromatic N) is 2. The van der Waals surface area contributed by atoms with E-state index in [9.17, 15) is 0 Å². The number of methoxy groups -OCH3 is 1. The van der Waals surface area contributed by atoms with Gasteiger partial charge in [0.1, 0.15) is 5.69 Å². The average Bonchev–Trinajstić information content (AvgIpc) is 2.26. The standard InChI is InChI=1S/C10H16N4O/c1-8-4-3-5-12-9(8)10(14-11)13-6-7-15-2/h3-5H,6-7,11H2,1-2H3,(H,13,14). The van der Waals surface area contributed by atoms with Crippen LogP contribution in [-0.2, 0) is 4.74 Å². The number of aliphatic imine (C=N–C) groups is 1. The molecular weight excluding hydrogens is 192 g/mol. The first-order chi connectivity index (χ1) is 7.29. The molecule has 0 unspecified atom stereocenters. The van der Waals surface area contributed by atoms with Crippen molar-refractivity contribution in [1.29, 1.82) is 0 Å². The first-order valence-electron chi connectivity index (χ1n) is 4.71. The van der Waals surface area contributed by atoms with Crippen LogP contribution in [0.15, 0.2) is 23.3 Å². The van der Waals surface area contributed by atoms with E-state index in [2.05, 4.69) is 15.4 Å². The highest BCUT2D eigenvalue weighted by Crippen LogP contribution is 2.03. The highest BCUT2D eigenvalue weighted by Gasteiger charge is 2.05. The van der Waals surface area contributed by atoms with Crippen molar-refractivity contribution in [3.63, 3.8) is 0 Å². The largest absolute Gasteiger partial charge is 0.383 e. The van der Waals surface area contributed by atoms with E-state index in [1.807, 2.05) is 19.1 Å². The van der Waals surface area contributed by atoms with Gasteiger partial charge in [-0.15, -0.1) is 0 Å². The smallest absolute Gasteiger partial charge is 0.161 e. The number of amidine groups is 1. The van der Waals surface area contributed by atoms with Gasteiger partial charge in [0.15, 0.2) is 5.84 Å². The molecule has 1 heterocycles. The normalized spacial score (nSPS) is 11.5. The Morgan fingerprint density at radius 2 is 2.47 bits per heavy atom. The third-order valence-electron chi connectivity index (χ3n) is 1.94. The number of pyridine rings is 1. The molecule has 5 heteroatoms. The minimum Gasteiger partial charge on any atom is -0.383 e. The molecule has 0 spiro atoms.